The van der Waals surface area contributed by atoms with Gasteiger partial charge in [-0.05, 0) is 17.5 Å². The van der Waals surface area contributed by atoms with Gasteiger partial charge in [-0.1, -0.05) is 44.0 Å². The number of nitrogen functional groups attached to an aromatic ring is 1. The molecule has 94 valence electrons. The molecule has 1 aromatic rings. The lowest BCUT2D eigenvalue weighted by Crippen LogP contribution is -2.32. The van der Waals surface area contributed by atoms with Crippen molar-refractivity contribution in [2.45, 2.75) is 20.8 Å². The highest BCUT2D eigenvalue weighted by atomic mass is 35.5. The average Bonchev–Trinajstić information content (AvgIpc) is 2.20. The second kappa shape index (κ2) is 5.15. The lowest BCUT2D eigenvalue weighted by Gasteiger charge is -2.18. The van der Waals surface area contributed by atoms with Gasteiger partial charge in [0.15, 0.2) is 0 Å². The minimum Gasteiger partial charge on any atom is -0.397 e. The molecule has 0 aliphatic carbocycles. The van der Waals surface area contributed by atoms with Gasteiger partial charge in [0, 0.05) is 12.1 Å². The molecule has 0 aliphatic heterocycles. The van der Waals surface area contributed by atoms with Gasteiger partial charge in [-0.25, -0.2) is 0 Å². The van der Waals surface area contributed by atoms with E-state index >= 15 is 0 Å². The van der Waals surface area contributed by atoms with Gasteiger partial charge in [0.1, 0.15) is 0 Å². The molecule has 3 nitrogen and oxygen atoms in total. The summed E-state index contributed by atoms with van der Waals surface area (Å²) in [5.41, 5.74) is 6.39. The number of amides is 1. The number of nitrogens with one attached hydrogen (secondary N) is 1. The standard InChI is InChI=1S/C12H16Cl2N2O/c1-12(2,3)6-16-11(17)7-4-8(13)10(14)9(15)5-7/h4-5H,6,15H2,1-3H3,(H,16,17). The van der Waals surface area contributed by atoms with E-state index in [-0.39, 0.29) is 21.4 Å². The SMILES string of the molecule is CC(C)(C)CNC(=O)c1cc(N)c(Cl)c(Cl)c1. The largest absolute Gasteiger partial charge is 0.397 e. The summed E-state index contributed by atoms with van der Waals surface area (Å²) in [4.78, 5) is 11.8. The van der Waals surface area contributed by atoms with Crippen LogP contribution >= 0.6 is 23.2 Å². The van der Waals surface area contributed by atoms with E-state index in [1.54, 1.807) is 0 Å². The molecule has 17 heavy (non-hydrogen) atoms. The Labute approximate surface area is 111 Å². The van der Waals surface area contributed by atoms with Gasteiger partial charge in [0.25, 0.3) is 5.91 Å². The van der Waals surface area contributed by atoms with Gasteiger partial charge < -0.3 is 11.1 Å². The maximum atomic E-state index is 11.8. The van der Waals surface area contributed by atoms with Crippen LogP contribution in [0.1, 0.15) is 31.1 Å². The number of carbonyl (C=O) groups is 1. The van der Waals surface area contributed by atoms with Crippen LogP contribution in [0, 0.1) is 5.41 Å². The van der Waals surface area contributed by atoms with Gasteiger partial charge in [0.2, 0.25) is 0 Å². The van der Waals surface area contributed by atoms with Crippen molar-refractivity contribution in [1.82, 2.24) is 5.32 Å². The Morgan fingerprint density at radius 2 is 1.94 bits per heavy atom. The van der Waals surface area contributed by atoms with Crippen LogP contribution in [0.25, 0.3) is 0 Å². The van der Waals surface area contributed by atoms with Gasteiger partial charge in [-0.3, -0.25) is 4.79 Å². The molecule has 1 rings (SSSR count). The van der Waals surface area contributed by atoms with E-state index in [0.29, 0.717) is 17.8 Å². The molecule has 0 atom stereocenters. The minimum atomic E-state index is -0.204. The van der Waals surface area contributed by atoms with Crippen molar-refractivity contribution in [2.24, 2.45) is 5.41 Å². The molecule has 0 bridgehead atoms. The molecule has 0 fully saturated rings. The van der Waals surface area contributed by atoms with E-state index < -0.39 is 0 Å². The third kappa shape index (κ3) is 4.10. The first-order valence-electron chi connectivity index (χ1n) is 5.23. The van der Waals surface area contributed by atoms with Crippen molar-refractivity contribution < 1.29 is 4.79 Å². The fourth-order valence-electron chi connectivity index (χ4n) is 1.19. The highest BCUT2D eigenvalue weighted by Gasteiger charge is 2.15. The Bertz CT molecular complexity index is 416. The lowest BCUT2D eigenvalue weighted by atomic mass is 9.97. The molecule has 0 unspecified atom stereocenters. The molecule has 5 heteroatoms. The Kier molecular flexibility index (Phi) is 4.28. The summed E-state index contributed by atoms with van der Waals surface area (Å²) in [6, 6.07) is 3.03. The second-order valence-electron chi connectivity index (χ2n) is 5.10. The maximum absolute atomic E-state index is 11.8. The number of hydrogen-bond donors (Lipinski definition) is 2. The molecule has 0 saturated carbocycles. The van der Waals surface area contributed by atoms with Crippen LogP contribution in [0.15, 0.2) is 12.1 Å². The first-order chi connectivity index (χ1) is 7.70. The molecular weight excluding hydrogens is 259 g/mol. The minimum absolute atomic E-state index is 0.0252. The lowest BCUT2D eigenvalue weighted by molar-refractivity contribution is 0.0939. The number of halogens is 2. The van der Waals surface area contributed by atoms with E-state index in [2.05, 4.69) is 5.32 Å². The fourth-order valence-corrected chi connectivity index (χ4v) is 1.52. The number of carbonyl (C=O) groups excluding carboxylic acids is 1. The maximum Gasteiger partial charge on any atom is 0.251 e. The summed E-state index contributed by atoms with van der Waals surface area (Å²) >= 11 is 11.7. The van der Waals surface area contributed by atoms with Gasteiger partial charge >= 0.3 is 0 Å². The molecule has 0 spiro atoms. The monoisotopic (exact) mass is 274 g/mol. The molecule has 0 radical (unpaired) electrons. The number of benzene rings is 1. The Hall–Kier alpha value is -0.930. The normalized spacial score (nSPS) is 11.4. The summed E-state index contributed by atoms with van der Waals surface area (Å²) in [5, 5.41) is 3.38. The second-order valence-corrected chi connectivity index (χ2v) is 5.89. The van der Waals surface area contributed by atoms with E-state index in [1.807, 2.05) is 20.8 Å². The zero-order valence-corrected chi connectivity index (χ0v) is 11.6. The molecule has 0 heterocycles. The van der Waals surface area contributed by atoms with Crippen molar-refractivity contribution in [3.05, 3.63) is 27.7 Å². The van der Waals surface area contributed by atoms with Crippen molar-refractivity contribution >= 4 is 34.8 Å². The Morgan fingerprint density at radius 3 is 2.41 bits per heavy atom. The predicted octanol–water partition coefficient (Wildman–Crippen LogP) is 3.35. The van der Waals surface area contributed by atoms with E-state index in [9.17, 15) is 4.79 Å². The van der Waals surface area contributed by atoms with Crippen molar-refractivity contribution in [3.8, 4) is 0 Å². The quantitative estimate of drug-likeness (QED) is 0.813. The number of nitrogens with two attached hydrogens (primary N) is 1. The van der Waals surface area contributed by atoms with Crippen LogP contribution in [-0.2, 0) is 0 Å². The van der Waals surface area contributed by atoms with Crippen LogP contribution in [0.4, 0.5) is 5.69 Å². The zero-order valence-electron chi connectivity index (χ0n) is 10.1. The van der Waals surface area contributed by atoms with E-state index in [4.69, 9.17) is 28.9 Å². The summed E-state index contributed by atoms with van der Waals surface area (Å²) in [5.74, 6) is -0.204. The highest BCUT2D eigenvalue weighted by molar-refractivity contribution is 6.43. The summed E-state index contributed by atoms with van der Waals surface area (Å²) in [6.45, 7) is 6.69. The molecule has 0 saturated heterocycles. The molecule has 3 N–H and O–H groups in total. The highest BCUT2D eigenvalue weighted by Crippen LogP contribution is 2.29. The van der Waals surface area contributed by atoms with Crippen LogP contribution in [0.3, 0.4) is 0 Å². The molecule has 1 amide bonds. The van der Waals surface area contributed by atoms with Crippen LogP contribution in [0.5, 0.6) is 0 Å². The smallest absolute Gasteiger partial charge is 0.251 e. The van der Waals surface area contributed by atoms with Gasteiger partial charge in [-0.15, -0.1) is 0 Å². The van der Waals surface area contributed by atoms with Crippen molar-refractivity contribution in [3.63, 3.8) is 0 Å². The molecule has 0 aliphatic rings. The van der Waals surface area contributed by atoms with Crippen molar-refractivity contribution in [2.75, 3.05) is 12.3 Å². The topological polar surface area (TPSA) is 55.1 Å². The van der Waals surface area contributed by atoms with Crippen molar-refractivity contribution in [1.29, 1.82) is 0 Å². The van der Waals surface area contributed by atoms with Gasteiger partial charge in [-0.2, -0.15) is 0 Å². The summed E-state index contributed by atoms with van der Waals surface area (Å²) < 4.78 is 0. The first kappa shape index (κ1) is 14.1. The summed E-state index contributed by atoms with van der Waals surface area (Å²) in [7, 11) is 0. The molecule has 0 aromatic heterocycles. The molecular formula is C12H16Cl2N2O. The van der Waals surface area contributed by atoms with E-state index in [0.717, 1.165) is 0 Å². The third-order valence-corrected chi connectivity index (χ3v) is 2.91. The average molecular weight is 275 g/mol. The fraction of sp³-hybridized carbons (Fsp3) is 0.417. The first-order valence-corrected chi connectivity index (χ1v) is 5.99. The van der Waals surface area contributed by atoms with Gasteiger partial charge in [0.05, 0.1) is 15.7 Å². The number of anilines is 1. The van der Waals surface area contributed by atoms with E-state index in [1.165, 1.54) is 12.1 Å². The van der Waals surface area contributed by atoms with Crippen LogP contribution in [0.2, 0.25) is 10.0 Å². The Balaban J connectivity index is 2.84. The van der Waals surface area contributed by atoms with Crippen LogP contribution in [-0.4, -0.2) is 12.5 Å². The Morgan fingerprint density at radius 1 is 1.35 bits per heavy atom. The summed E-state index contributed by atoms with van der Waals surface area (Å²) in [6.07, 6.45) is 0. The number of rotatable bonds is 2. The molecule has 1 aromatic carbocycles. The zero-order chi connectivity index (χ0) is 13.2. The predicted molar refractivity (Wildman–Crippen MR) is 72.7 cm³/mol. The van der Waals surface area contributed by atoms with Crippen LogP contribution < -0.4 is 11.1 Å². The number of hydrogen-bond acceptors (Lipinski definition) is 2. The third-order valence-electron chi connectivity index (χ3n) is 2.10.